The Hall–Kier alpha value is -2.43. The highest BCUT2D eigenvalue weighted by Crippen LogP contribution is 2.34. The van der Waals surface area contributed by atoms with Gasteiger partial charge in [0.05, 0.1) is 31.5 Å². The molecule has 0 bridgehead atoms. The number of aromatic nitrogens is 2. The lowest BCUT2D eigenvalue weighted by Crippen LogP contribution is -2.54. The smallest absolute Gasteiger partial charge is 0.377 e. The fourth-order valence-electron chi connectivity index (χ4n) is 3.80. The quantitative estimate of drug-likeness (QED) is 0.770. The van der Waals surface area contributed by atoms with Gasteiger partial charge in [-0.25, -0.2) is 0 Å². The van der Waals surface area contributed by atoms with Crippen molar-refractivity contribution in [2.24, 2.45) is 10.2 Å². The van der Waals surface area contributed by atoms with Crippen molar-refractivity contribution in [2.45, 2.75) is 44.6 Å². The first-order valence-electron chi connectivity index (χ1n) is 9.21. The van der Waals surface area contributed by atoms with E-state index in [9.17, 15) is 18.0 Å². The molecule has 4 rings (SSSR count). The first kappa shape index (κ1) is 18.9. The monoisotopic (exact) mass is 398 g/mol. The van der Waals surface area contributed by atoms with Crippen LogP contribution in [0.1, 0.15) is 19.8 Å². The fourth-order valence-corrected chi connectivity index (χ4v) is 3.80. The normalized spacial score (nSPS) is 25.1. The van der Waals surface area contributed by atoms with Gasteiger partial charge >= 0.3 is 6.18 Å². The highest BCUT2D eigenvalue weighted by molar-refractivity contribution is 6.00. The predicted octanol–water partition coefficient (Wildman–Crippen LogP) is 1.44. The second kappa shape index (κ2) is 7.19. The summed E-state index contributed by atoms with van der Waals surface area (Å²) in [7, 11) is 0. The zero-order chi connectivity index (χ0) is 19.9. The van der Waals surface area contributed by atoms with Crippen molar-refractivity contribution in [2.75, 3.05) is 36.1 Å². The third kappa shape index (κ3) is 3.50. The van der Waals surface area contributed by atoms with Crippen LogP contribution >= 0.6 is 0 Å². The van der Waals surface area contributed by atoms with Gasteiger partial charge in [0.25, 0.3) is 5.56 Å². The van der Waals surface area contributed by atoms with Crippen LogP contribution in [0.25, 0.3) is 0 Å². The molecule has 4 heterocycles. The van der Waals surface area contributed by atoms with E-state index in [0.717, 1.165) is 4.90 Å². The van der Waals surface area contributed by atoms with Gasteiger partial charge in [-0.15, -0.1) is 0 Å². The van der Waals surface area contributed by atoms with E-state index in [4.69, 9.17) is 4.74 Å². The predicted molar refractivity (Wildman–Crippen MR) is 98.5 cm³/mol. The number of nitrogens with zero attached hydrogens (tertiary/aromatic N) is 6. The number of ether oxygens (including phenoxy) is 1. The SMILES string of the molecule is C[C@@H]1COCCN1c1cc(=O)n2c(n1)N(CC1=NN=CC1)[C@H](C(F)(F)F)CC2. The number of fused-ring (bicyclic) bond motifs is 1. The van der Waals surface area contributed by atoms with Crippen LogP contribution < -0.4 is 15.4 Å². The van der Waals surface area contributed by atoms with Crippen molar-refractivity contribution in [3.05, 3.63) is 16.4 Å². The molecule has 28 heavy (non-hydrogen) atoms. The lowest BCUT2D eigenvalue weighted by Gasteiger charge is -2.40. The number of morpholine rings is 1. The Morgan fingerprint density at radius 1 is 1.32 bits per heavy atom. The summed E-state index contributed by atoms with van der Waals surface area (Å²) in [6.07, 6.45) is -2.70. The van der Waals surface area contributed by atoms with Crippen LogP contribution in [0.4, 0.5) is 24.9 Å². The molecule has 1 fully saturated rings. The lowest BCUT2D eigenvalue weighted by atomic mass is 10.1. The van der Waals surface area contributed by atoms with Crippen LogP contribution in [0.5, 0.6) is 0 Å². The van der Waals surface area contributed by atoms with Gasteiger partial charge in [-0.1, -0.05) is 0 Å². The molecule has 3 aliphatic rings. The van der Waals surface area contributed by atoms with Crippen LogP contribution in [-0.4, -0.2) is 66.0 Å². The maximum Gasteiger partial charge on any atom is 0.408 e. The Labute approximate surface area is 159 Å². The maximum atomic E-state index is 13.7. The van der Waals surface area contributed by atoms with E-state index in [2.05, 4.69) is 15.2 Å². The van der Waals surface area contributed by atoms with Gasteiger partial charge in [0, 0.05) is 31.8 Å². The number of alkyl halides is 3. The molecule has 0 N–H and O–H groups in total. The number of halogens is 3. The minimum absolute atomic E-state index is 0.0215. The van der Waals surface area contributed by atoms with E-state index >= 15 is 0 Å². The van der Waals surface area contributed by atoms with Gasteiger partial charge in [-0.05, 0) is 13.3 Å². The molecular weight excluding hydrogens is 377 g/mol. The minimum Gasteiger partial charge on any atom is -0.377 e. The number of rotatable bonds is 3. The first-order chi connectivity index (χ1) is 13.3. The first-order valence-corrected chi connectivity index (χ1v) is 9.21. The van der Waals surface area contributed by atoms with E-state index in [1.807, 2.05) is 11.8 Å². The van der Waals surface area contributed by atoms with E-state index in [1.165, 1.54) is 10.6 Å². The largest absolute Gasteiger partial charge is 0.408 e. The molecule has 0 amide bonds. The number of anilines is 2. The molecule has 152 valence electrons. The van der Waals surface area contributed by atoms with Crippen molar-refractivity contribution in [3.63, 3.8) is 0 Å². The van der Waals surface area contributed by atoms with E-state index in [0.29, 0.717) is 37.7 Å². The van der Waals surface area contributed by atoms with Gasteiger partial charge < -0.3 is 14.5 Å². The molecular formula is C17H21F3N6O2. The summed E-state index contributed by atoms with van der Waals surface area (Å²) >= 11 is 0. The van der Waals surface area contributed by atoms with Crippen molar-refractivity contribution >= 4 is 23.7 Å². The van der Waals surface area contributed by atoms with E-state index < -0.39 is 12.2 Å². The topological polar surface area (TPSA) is 75.3 Å². The highest BCUT2D eigenvalue weighted by atomic mass is 19.4. The summed E-state index contributed by atoms with van der Waals surface area (Å²) in [6, 6.07) is -0.347. The summed E-state index contributed by atoms with van der Waals surface area (Å²) in [6.45, 7) is 3.32. The summed E-state index contributed by atoms with van der Waals surface area (Å²) in [4.78, 5) is 20.2. The average Bonchev–Trinajstić information content (AvgIpc) is 3.14. The minimum atomic E-state index is -4.44. The average molecular weight is 398 g/mol. The molecule has 0 unspecified atom stereocenters. The molecule has 8 nitrogen and oxygen atoms in total. The Bertz CT molecular complexity index is 865. The molecule has 2 atom stereocenters. The summed E-state index contributed by atoms with van der Waals surface area (Å²) in [5.41, 5.74) is 0.163. The van der Waals surface area contributed by atoms with Gasteiger partial charge in [-0.2, -0.15) is 28.4 Å². The van der Waals surface area contributed by atoms with Crippen LogP contribution in [0, 0.1) is 0 Å². The zero-order valence-electron chi connectivity index (χ0n) is 15.4. The third-order valence-electron chi connectivity index (χ3n) is 5.23. The molecule has 0 aliphatic carbocycles. The Morgan fingerprint density at radius 3 is 2.82 bits per heavy atom. The molecule has 0 spiro atoms. The summed E-state index contributed by atoms with van der Waals surface area (Å²) in [5, 5.41) is 7.64. The zero-order valence-corrected chi connectivity index (χ0v) is 15.4. The third-order valence-corrected chi connectivity index (χ3v) is 5.23. The molecule has 1 aromatic rings. The second-order valence-corrected chi connectivity index (χ2v) is 7.16. The van der Waals surface area contributed by atoms with Crippen molar-refractivity contribution < 1.29 is 17.9 Å². The number of hydrogen-bond donors (Lipinski definition) is 0. The molecule has 0 radical (unpaired) electrons. The molecule has 0 saturated carbocycles. The van der Waals surface area contributed by atoms with Crippen LogP contribution in [0.3, 0.4) is 0 Å². The number of hydrogen-bond acceptors (Lipinski definition) is 7. The molecule has 1 aromatic heterocycles. The van der Waals surface area contributed by atoms with Crippen LogP contribution in [-0.2, 0) is 11.3 Å². The van der Waals surface area contributed by atoms with Gasteiger partial charge in [0.2, 0.25) is 5.95 Å². The second-order valence-electron chi connectivity index (χ2n) is 7.16. The van der Waals surface area contributed by atoms with Crippen molar-refractivity contribution in [1.29, 1.82) is 0 Å². The van der Waals surface area contributed by atoms with Crippen LogP contribution in [0.2, 0.25) is 0 Å². The fraction of sp³-hybridized carbons (Fsp3) is 0.647. The highest BCUT2D eigenvalue weighted by Gasteiger charge is 2.47. The van der Waals surface area contributed by atoms with E-state index in [-0.39, 0.29) is 37.1 Å². The summed E-state index contributed by atoms with van der Waals surface area (Å²) in [5.74, 6) is 0.411. The van der Waals surface area contributed by atoms with Crippen molar-refractivity contribution in [3.8, 4) is 0 Å². The Morgan fingerprint density at radius 2 is 2.14 bits per heavy atom. The molecule has 1 saturated heterocycles. The van der Waals surface area contributed by atoms with E-state index in [1.54, 1.807) is 6.21 Å². The molecule has 3 aliphatic heterocycles. The molecule has 0 aromatic carbocycles. The lowest BCUT2D eigenvalue weighted by molar-refractivity contribution is -0.152. The summed E-state index contributed by atoms with van der Waals surface area (Å²) < 4.78 is 47.9. The Kier molecular flexibility index (Phi) is 4.86. The standard InChI is InChI=1S/C17H21F3N6O2/c1-11-10-28-7-6-24(11)14-8-15(27)25-5-3-13(17(18,19)20)26(16(25)22-14)9-12-2-4-21-23-12/h4,8,11,13H,2-3,5-7,9-10H2,1H3/t11-,13+/m1/s1. The Balaban J connectivity index is 1.76. The maximum absolute atomic E-state index is 13.7. The van der Waals surface area contributed by atoms with Gasteiger partial charge in [0.1, 0.15) is 11.9 Å². The van der Waals surface area contributed by atoms with Gasteiger partial charge in [0.15, 0.2) is 0 Å². The molecule has 11 heteroatoms. The van der Waals surface area contributed by atoms with Crippen LogP contribution in [0.15, 0.2) is 21.1 Å². The van der Waals surface area contributed by atoms with Gasteiger partial charge in [-0.3, -0.25) is 9.36 Å². The van der Waals surface area contributed by atoms with Crippen molar-refractivity contribution in [1.82, 2.24) is 9.55 Å².